The van der Waals surface area contributed by atoms with Crippen LogP contribution in [0.15, 0.2) is 0 Å². The molecule has 2 rings (SSSR count). The molecule has 2 fully saturated rings. The van der Waals surface area contributed by atoms with Gasteiger partial charge in [0, 0.05) is 13.1 Å². The van der Waals surface area contributed by atoms with Crippen LogP contribution in [0.4, 0.5) is 0 Å². The number of hydrogen-bond donors (Lipinski definition) is 0. The molecular weight excluding hydrogens is 150 g/mol. The van der Waals surface area contributed by atoms with Crippen molar-refractivity contribution in [3.8, 4) is 0 Å². The molecule has 2 aliphatic heterocycles. The minimum absolute atomic E-state index is 0.831. The first-order valence-corrected chi connectivity index (χ1v) is 5.11. The molecule has 2 heterocycles. The van der Waals surface area contributed by atoms with Gasteiger partial charge in [-0.2, -0.15) is 0 Å². The van der Waals surface area contributed by atoms with Crippen molar-refractivity contribution in [1.82, 2.24) is 4.90 Å². The summed E-state index contributed by atoms with van der Waals surface area (Å²) in [6.45, 7) is 8.49. The topological polar surface area (TPSA) is 12.5 Å². The predicted octanol–water partition coefficient (Wildman–Crippen LogP) is 1.61. The summed E-state index contributed by atoms with van der Waals surface area (Å²) in [6, 6.07) is 0. The summed E-state index contributed by atoms with van der Waals surface area (Å²) < 4.78 is 5.46. The van der Waals surface area contributed by atoms with Crippen LogP contribution < -0.4 is 0 Å². The van der Waals surface area contributed by atoms with E-state index in [2.05, 4.69) is 11.9 Å². The maximum Gasteiger partial charge on any atom is 0.0506 e. The Kier molecular flexibility index (Phi) is 4.02. The number of rotatable bonds is 0. The summed E-state index contributed by atoms with van der Waals surface area (Å²) in [5.41, 5.74) is 0. The molecule has 0 aromatic carbocycles. The monoisotopic (exact) mass is 171 g/mol. The second-order valence-electron chi connectivity index (χ2n) is 3.73. The van der Waals surface area contributed by atoms with E-state index in [0.717, 1.165) is 25.0 Å². The van der Waals surface area contributed by atoms with Gasteiger partial charge in [-0.05, 0) is 25.3 Å². The lowest BCUT2D eigenvalue weighted by Gasteiger charge is -2.39. The molecule has 0 N–H and O–H groups in total. The third-order valence-corrected chi connectivity index (χ3v) is 2.51. The van der Waals surface area contributed by atoms with Crippen molar-refractivity contribution in [3.63, 3.8) is 0 Å². The van der Waals surface area contributed by atoms with Crippen LogP contribution in [-0.4, -0.2) is 38.3 Å². The molecule has 0 saturated carbocycles. The van der Waals surface area contributed by atoms with Gasteiger partial charge in [0.15, 0.2) is 0 Å². The van der Waals surface area contributed by atoms with Gasteiger partial charge in [-0.3, -0.25) is 0 Å². The van der Waals surface area contributed by atoms with Crippen molar-refractivity contribution in [3.05, 3.63) is 0 Å². The minimum atomic E-state index is 0.831. The first-order valence-electron chi connectivity index (χ1n) is 5.11. The van der Waals surface area contributed by atoms with E-state index < -0.39 is 0 Å². The van der Waals surface area contributed by atoms with Gasteiger partial charge in [-0.25, -0.2) is 0 Å². The van der Waals surface area contributed by atoms with Gasteiger partial charge in [-0.15, -0.1) is 0 Å². The molecule has 0 aromatic rings. The molecule has 0 radical (unpaired) electrons. The Labute approximate surface area is 75.9 Å². The van der Waals surface area contributed by atoms with Crippen LogP contribution in [0.5, 0.6) is 0 Å². The summed E-state index contributed by atoms with van der Waals surface area (Å²) >= 11 is 0. The molecule has 2 heteroatoms. The second kappa shape index (κ2) is 4.83. The lowest BCUT2D eigenvalue weighted by Crippen LogP contribution is -2.44. The average Bonchev–Trinajstić information content (AvgIpc) is 2.07. The van der Waals surface area contributed by atoms with E-state index in [9.17, 15) is 0 Å². The van der Waals surface area contributed by atoms with Crippen LogP contribution in [0.25, 0.3) is 0 Å². The van der Waals surface area contributed by atoms with Crippen LogP contribution in [0, 0.1) is 11.8 Å². The van der Waals surface area contributed by atoms with E-state index >= 15 is 0 Å². The van der Waals surface area contributed by atoms with Crippen LogP contribution in [0.1, 0.15) is 20.3 Å². The highest BCUT2D eigenvalue weighted by Gasteiger charge is 2.28. The second-order valence-corrected chi connectivity index (χ2v) is 3.73. The summed E-state index contributed by atoms with van der Waals surface area (Å²) in [5.74, 6) is 1.66. The molecule has 2 bridgehead atoms. The van der Waals surface area contributed by atoms with Crippen molar-refractivity contribution in [2.75, 3.05) is 33.4 Å². The van der Waals surface area contributed by atoms with Crippen molar-refractivity contribution in [1.29, 1.82) is 0 Å². The number of nitrogens with zero attached hydrogens (tertiary/aromatic N) is 1. The van der Waals surface area contributed by atoms with Gasteiger partial charge in [0.1, 0.15) is 0 Å². The molecule has 12 heavy (non-hydrogen) atoms. The highest BCUT2D eigenvalue weighted by molar-refractivity contribution is 4.80. The maximum atomic E-state index is 5.46. The van der Waals surface area contributed by atoms with Crippen LogP contribution >= 0.6 is 0 Å². The van der Waals surface area contributed by atoms with Crippen LogP contribution in [0.3, 0.4) is 0 Å². The van der Waals surface area contributed by atoms with E-state index in [1.165, 1.54) is 19.5 Å². The third kappa shape index (κ3) is 2.46. The number of likely N-dealkylation sites (tertiary alicyclic amines) is 1. The SMILES string of the molecule is CC.CN1CC2COCC(C2)C1. The summed E-state index contributed by atoms with van der Waals surface area (Å²) in [4.78, 5) is 2.43. The fraction of sp³-hybridized carbons (Fsp3) is 1.00. The Morgan fingerprint density at radius 3 is 2.08 bits per heavy atom. The summed E-state index contributed by atoms with van der Waals surface area (Å²) in [6.07, 6.45) is 1.41. The minimum Gasteiger partial charge on any atom is -0.381 e. The van der Waals surface area contributed by atoms with Crippen molar-refractivity contribution >= 4 is 0 Å². The van der Waals surface area contributed by atoms with E-state index in [1.54, 1.807) is 0 Å². The van der Waals surface area contributed by atoms with Gasteiger partial charge >= 0.3 is 0 Å². The zero-order chi connectivity index (χ0) is 8.97. The Morgan fingerprint density at radius 1 is 1.08 bits per heavy atom. The van der Waals surface area contributed by atoms with Crippen LogP contribution in [0.2, 0.25) is 0 Å². The molecule has 2 unspecified atom stereocenters. The molecular formula is C10H21NO. The molecule has 0 spiro atoms. The van der Waals surface area contributed by atoms with E-state index in [-0.39, 0.29) is 0 Å². The lowest BCUT2D eigenvalue weighted by atomic mass is 9.88. The normalized spacial score (nSPS) is 35.2. The summed E-state index contributed by atoms with van der Waals surface area (Å²) in [5, 5.41) is 0. The van der Waals surface area contributed by atoms with Crippen molar-refractivity contribution < 1.29 is 4.74 Å². The maximum absolute atomic E-state index is 5.46. The quantitative estimate of drug-likeness (QED) is 0.549. The Hall–Kier alpha value is -0.0800. The first kappa shape index (κ1) is 10.0. The molecule has 2 saturated heterocycles. The zero-order valence-electron chi connectivity index (χ0n) is 8.55. The number of fused-ring (bicyclic) bond motifs is 2. The van der Waals surface area contributed by atoms with E-state index in [4.69, 9.17) is 4.74 Å². The molecule has 0 aromatic heterocycles. The standard InChI is InChI=1S/C8H15NO.C2H6/c1-9-3-7-2-8(4-9)6-10-5-7;1-2/h7-8H,2-6H2,1H3;1-2H3. The fourth-order valence-electron chi connectivity index (χ4n) is 2.22. The molecule has 0 aliphatic carbocycles. The third-order valence-electron chi connectivity index (χ3n) is 2.51. The zero-order valence-corrected chi connectivity index (χ0v) is 8.55. The Bertz CT molecular complexity index is 111. The summed E-state index contributed by atoms with van der Waals surface area (Å²) in [7, 11) is 2.21. The average molecular weight is 171 g/mol. The smallest absolute Gasteiger partial charge is 0.0506 e. The predicted molar refractivity (Wildman–Crippen MR) is 51.3 cm³/mol. The van der Waals surface area contributed by atoms with Gasteiger partial charge in [0.05, 0.1) is 13.2 Å². The van der Waals surface area contributed by atoms with Crippen LogP contribution in [-0.2, 0) is 4.74 Å². The van der Waals surface area contributed by atoms with E-state index in [1.807, 2.05) is 13.8 Å². The molecule has 72 valence electrons. The fourth-order valence-corrected chi connectivity index (χ4v) is 2.22. The van der Waals surface area contributed by atoms with Gasteiger partial charge in [0.25, 0.3) is 0 Å². The number of piperidine rings is 1. The molecule has 2 atom stereocenters. The van der Waals surface area contributed by atoms with Gasteiger partial charge in [-0.1, -0.05) is 13.8 Å². The first-order chi connectivity index (χ1) is 5.84. The van der Waals surface area contributed by atoms with Crippen molar-refractivity contribution in [2.45, 2.75) is 20.3 Å². The number of ether oxygens (including phenoxy) is 1. The molecule has 2 nitrogen and oxygen atoms in total. The number of hydrogen-bond acceptors (Lipinski definition) is 2. The lowest BCUT2D eigenvalue weighted by molar-refractivity contribution is -0.0337. The van der Waals surface area contributed by atoms with Gasteiger partial charge in [0.2, 0.25) is 0 Å². The van der Waals surface area contributed by atoms with Gasteiger partial charge < -0.3 is 9.64 Å². The highest BCUT2D eigenvalue weighted by Crippen LogP contribution is 2.25. The van der Waals surface area contributed by atoms with Crippen molar-refractivity contribution in [2.24, 2.45) is 11.8 Å². The van der Waals surface area contributed by atoms with E-state index in [0.29, 0.717) is 0 Å². The molecule has 0 amide bonds. The largest absolute Gasteiger partial charge is 0.381 e. The Balaban J connectivity index is 0.000000336. The Morgan fingerprint density at radius 2 is 1.58 bits per heavy atom. The highest BCUT2D eigenvalue weighted by atomic mass is 16.5. The molecule has 2 aliphatic rings.